The van der Waals surface area contributed by atoms with Crippen LogP contribution in [0.25, 0.3) is 0 Å². The molecule has 0 spiro atoms. The molecule has 0 bridgehead atoms. The molecule has 16 heavy (non-hydrogen) atoms. The van der Waals surface area contributed by atoms with Gasteiger partial charge in [0, 0.05) is 10.9 Å². The molecule has 0 aliphatic carbocycles. The minimum atomic E-state index is 0.104. The van der Waals surface area contributed by atoms with E-state index in [1.807, 2.05) is 13.8 Å². The highest BCUT2D eigenvalue weighted by atomic mass is 32.2. The van der Waals surface area contributed by atoms with E-state index in [1.165, 1.54) is 4.88 Å². The van der Waals surface area contributed by atoms with Crippen molar-refractivity contribution in [3.05, 3.63) is 27.4 Å². The molecular formula is C10H13N3S3. The second-order valence-corrected chi connectivity index (χ2v) is 7.05. The van der Waals surface area contributed by atoms with Crippen molar-refractivity contribution in [2.24, 2.45) is 5.73 Å². The van der Waals surface area contributed by atoms with Gasteiger partial charge in [0.15, 0.2) is 4.34 Å². The molecule has 0 aliphatic rings. The maximum absolute atomic E-state index is 6.02. The zero-order valence-corrected chi connectivity index (χ0v) is 11.5. The van der Waals surface area contributed by atoms with Crippen LogP contribution in [0.2, 0.25) is 0 Å². The number of rotatable bonds is 4. The van der Waals surface area contributed by atoms with Crippen molar-refractivity contribution >= 4 is 34.4 Å². The first kappa shape index (κ1) is 12.0. The second-order valence-electron chi connectivity index (χ2n) is 3.50. The van der Waals surface area contributed by atoms with Crippen LogP contribution in [0.5, 0.6) is 0 Å². The Balaban J connectivity index is 2.15. The van der Waals surface area contributed by atoms with Crippen molar-refractivity contribution < 1.29 is 0 Å². The van der Waals surface area contributed by atoms with E-state index >= 15 is 0 Å². The molecule has 0 aromatic carbocycles. The monoisotopic (exact) mass is 271 g/mol. The van der Waals surface area contributed by atoms with Crippen LogP contribution in [0.15, 0.2) is 21.9 Å². The largest absolute Gasteiger partial charge is 0.327 e. The lowest BCUT2D eigenvalue weighted by atomic mass is 10.2. The number of thiophene rings is 1. The summed E-state index contributed by atoms with van der Waals surface area (Å²) in [5.41, 5.74) is 6.02. The molecule has 2 unspecified atom stereocenters. The predicted molar refractivity (Wildman–Crippen MR) is 71.2 cm³/mol. The van der Waals surface area contributed by atoms with Crippen molar-refractivity contribution in [2.45, 2.75) is 29.5 Å². The van der Waals surface area contributed by atoms with Gasteiger partial charge in [-0.3, -0.25) is 0 Å². The first-order chi connectivity index (χ1) is 7.66. The molecular weight excluding hydrogens is 258 g/mol. The van der Waals surface area contributed by atoms with E-state index < -0.39 is 0 Å². The fourth-order valence-corrected chi connectivity index (χ4v) is 4.44. The SMILES string of the molecule is Cc1nnc(SC(c2cccs2)C(C)N)s1. The Morgan fingerprint density at radius 1 is 1.44 bits per heavy atom. The number of nitrogens with zero attached hydrogens (tertiary/aromatic N) is 2. The van der Waals surface area contributed by atoms with Gasteiger partial charge in [-0.25, -0.2) is 0 Å². The maximum atomic E-state index is 6.02. The van der Waals surface area contributed by atoms with Gasteiger partial charge in [0.1, 0.15) is 5.01 Å². The van der Waals surface area contributed by atoms with Gasteiger partial charge >= 0.3 is 0 Å². The number of aryl methyl sites for hydroxylation is 1. The Morgan fingerprint density at radius 2 is 2.25 bits per heavy atom. The van der Waals surface area contributed by atoms with Crippen LogP contribution in [0, 0.1) is 6.92 Å². The van der Waals surface area contributed by atoms with E-state index in [0.29, 0.717) is 0 Å². The minimum Gasteiger partial charge on any atom is -0.327 e. The number of hydrogen-bond acceptors (Lipinski definition) is 6. The summed E-state index contributed by atoms with van der Waals surface area (Å²) in [7, 11) is 0. The van der Waals surface area contributed by atoms with E-state index in [9.17, 15) is 0 Å². The fraction of sp³-hybridized carbons (Fsp3) is 0.400. The Bertz CT molecular complexity index is 436. The Labute approximate surface area is 107 Å². The minimum absolute atomic E-state index is 0.104. The molecule has 2 aromatic heterocycles. The van der Waals surface area contributed by atoms with Crippen LogP contribution in [-0.4, -0.2) is 16.2 Å². The molecule has 0 aliphatic heterocycles. The van der Waals surface area contributed by atoms with Crippen molar-refractivity contribution in [1.82, 2.24) is 10.2 Å². The third kappa shape index (κ3) is 2.82. The smallest absolute Gasteiger partial charge is 0.174 e. The molecule has 0 saturated heterocycles. The summed E-state index contributed by atoms with van der Waals surface area (Å²) in [4.78, 5) is 1.30. The first-order valence-electron chi connectivity index (χ1n) is 4.92. The van der Waals surface area contributed by atoms with Crippen LogP contribution < -0.4 is 5.73 Å². The van der Waals surface area contributed by atoms with Gasteiger partial charge in [-0.15, -0.1) is 21.5 Å². The third-order valence-corrected chi connectivity index (χ3v) is 5.53. The number of hydrogen-bond donors (Lipinski definition) is 1. The average molecular weight is 271 g/mol. The summed E-state index contributed by atoms with van der Waals surface area (Å²) < 4.78 is 0.994. The van der Waals surface area contributed by atoms with Crippen molar-refractivity contribution in [2.75, 3.05) is 0 Å². The molecule has 2 N–H and O–H groups in total. The van der Waals surface area contributed by atoms with Crippen LogP contribution in [0.4, 0.5) is 0 Å². The maximum Gasteiger partial charge on any atom is 0.174 e. The molecule has 86 valence electrons. The van der Waals surface area contributed by atoms with Gasteiger partial charge in [-0.2, -0.15) is 0 Å². The summed E-state index contributed by atoms with van der Waals surface area (Å²) in [6, 6.07) is 4.29. The predicted octanol–water partition coefficient (Wildman–Crippen LogP) is 3.09. The molecule has 0 fully saturated rings. The molecule has 6 heteroatoms. The summed E-state index contributed by atoms with van der Waals surface area (Å²) in [6.07, 6.45) is 0. The van der Waals surface area contributed by atoms with E-state index in [4.69, 9.17) is 5.73 Å². The summed E-state index contributed by atoms with van der Waals surface area (Å²) in [5.74, 6) is 0. The molecule has 2 heterocycles. The zero-order chi connectivity index (χ0) is 11.5. The van der Waals surface area contributed by atoms with E-state index in [-0.39, 0.29) is 11.3 Å². The lowest BCUT2D eigenvalue weighted by Crippen LogP contribution is -2.21. The van der Waals surface area contributed by atoms with Gasteiger partial charge in [-0.1, -0.05) is 29.2 Å². The van der Waals surface area contributed by atoms with Gasteiger partial charge in [-0.05, 0) is 25.3 Å². The van der Waals surface area contributed by atoms with Crippen molar-refractivity contribution in [3.63, 3.8) is 0 Å². The number of nitrogens with two attached hydrogens (primary N) is 1. The first-order valence-corrected chi connectivity index (χ1v) is 7.50. The highest BCUT2D eigenvalue weighted by molar-refractivity contribution is 8.01. The summed E-state index contributed by atoms with van der Waals surface area (Å²) in [6.45, 7) is 4.00. The molecule has 0 amide bonds. The number of thioether (sulfide) groups is 1. The van der Waals surface area contributed by atoms with Gasteiger partial charge in [0.05, 0.1) is 5.25 Å². The summed E-state index contributed by atoms with van der Waals surface area (Å²) in [5, 5.41) is 11.5. The van der Waals surface area contributed by atoms with Crippen molar-refractivity contribution in [3.8, 4) is 0 Å². The summed E-state index contributed by atoms with van der Waals surface area (Å²) >= 11 is 5.07. The topological polar surface area (TPSA) is 51.8 Å². The van der Waals surface area contributed by atoms with Crippen molar-refractivity contribution in [1.29, 1.82) is 0 Å². The molecule has 0 saturated carbocycles. The highest BCUT2D eigenvalue weighted by Crippen LogP contribution is 2.40. The normalized spacial score (nSPS) is 14.9. The lowest BCUT2D eigenvalue weighted by Gasteiger charge is -2.16. The molecule has 3 nitrogen and oxygen atoms in total. The van der Waals surface area contributed by atoms with Crippen LogP contribution in [0.1, 0.15) is 22.1 Å². The number of aromatic nitrogens is 2. The Hall–Kier alpha value is -0.430. The molecule has 2 rings (SSSR count). The molecule has 2 atom stereocenters. The highest BCUT2D eigenvalue weighted by Gasteiger charge is 2.20. The van der Waals surface area contributed by atoms with Gasteiger partial charge in [0.25, 0.3) is 0 Å². The fourth-order valence-electron chi connectivity index (χ4n) is 1.31. The molecule has 2 aromatic rings. The average Bonchev–Trinajstić information content (AvgIpc) is 2.84. The van der Waals surface area contributed by atoms with E-state index in [1.54, 1.807) is 34.4 Å². The van der Waals surface area contributed by atoms with Gasteiger partial charge in [0.2, 0.25) is 0 Å². The zero-order valence-electron chi connectivity index (χ0n) is 9.08. The quantitative estimate of drug-likeness (QED) is 0.868. The molecule has 0 radical (unpaired) electrons. The Kier molecular flexibility index (Phi) is 3.96. The lowest BCUT2D eigenvalue weighted by molar-refractivity contribution is 0.729. The van der Waals surface area contributed by atoms with E-state index in [2.05, 4.69) is 27.7 Å². The van der Waals surface area contributed by atoms with Crippen LogP contribution in [0.3, 0.4) is 0 Å². The van der Waals surface area contributed by atoms with Crippen LogP contribution in [-0.2, 0) is 0 Å². The van der Waals surface area contributed by atoms with Crippen LogP contribution >= 0.6 is 34.4 Å². The standard InChI is InChI=1S/C10H13N3S3/c1-6(11)9(8-4-3-5-14-8)16-10-13-12-7(2)15-10/h3-6,9H,11H2,1-2H3. The Morgan fingerprint density at radius 3 is 2.75 bits per heavy atom. The van der Waals surface area contributed by atoms with Gasteiger partial charge < -0.3 is 5.73 Å². The third-order valence-electron chi connectivity index (χ3n) is 2.04. The second kappa shape index (κ2) is 5.27. The van der Waals surface area contributed by atoms with E-state index in [0.717, 1.165) is 9.35 Å².